The van der Waals surface area contributed by atoms with Crippen molar-refractivity contribution in [2.45, 2.75) is 6.42 Å². The van der Waals surface area contributed by atoms with E-state index in [4.69, 9.17) is 0 Å². The van der Waals surface area contributed by atoms with Crippen molar-refractivity contribution in [3.05, 3.63) is 59.0 Å². The second kappa shape index (κ2) is 7.63. The number of benzene rings is 2. The SMILES string of the molecule is O=NNc1ccc(NC(=O)NCCc2ccc(O)cc2)cc1. The molecule has 114 valence electrons. The van der Waals surface area contributed by atoms with Gasteiger partial charge < -0.3 is 15.7 Å². The highest BCUT2D eigenvalue weighted by Crippen LogP contribution is 2.13. The predicted molar refractivity (Wildman–Crippen MR) is 84.7 cm³/mol. The van der Waals surface area contributed by atoms with Gasteiger partial charge in [0, 0.05) is 12.2 Å². The number of amides is 2. The van der Waals surface area contributed by atoms with Crippen LogP contribution < -0.4 is 16.1 Å². The number of anilines is 2. The molecule has 2 rings (SSSR count). The van der Waals surface area contributed by atoms with E-state index >= 15 is 0 Å². The molecule has 2 aromatic rings. The maximum absolute atomic E-state index is 11.7. The van der Waals surface area contributed by atoms with Gasteiger partial charge >= 0.3 is 6.03 Å². The highest BCUT2D eigenvalue weighted by Gasteiger charge is 2.02. The third-order valence-electron chi connectivity index (χ3n) is 2.95. The van der Waals surface area contributed by atoms with Crippen LogP contribution in [-0.2, 0) is 6.42 Å². The lowest BCUT2D eigenvalue weighted by Gasteiger charge is -2.08. The first-order valence-electron chi connectivity index (χ1n) is 6.68. The summed E-state index contributed by atoms with van der Waals surface area (Å²) in [5.41, 5.74) is 4.45. The van der Waals surface area contributed by atoms with Crippen LogP contribution in [0.25, 0.3) is 0 Å². The highest BCUT2D eigenvalue weighted by atomic mass is 16.3. The third kappa shape index (κ3) is 4.78. The number of hydrogen-bond acceptors (Lipinski definition) is 4. The number of carbonyl (C=O) groups is 1. The summed E-state index contributed by atoms with van der Waals surface area (Å²) >= 11 is 0. The summed E-state index contributed by atoms with van der Waals surface area (Å²) in [6.07, 6.45) is 0.668. The Balaban J connectivity index is 1.75. The van der Waals surface area contributed by atoms with Crippen molar-refractivity contribution in [3.63, 3.8) is 0 Å². The second-order valence-corrected chi connectivity index (χ2v) is 4.58. The van der Waals surface area contributed by atoms with E-state index in [9.17, 15) is 14.8 Å². The Bertz CT molecular complexity index is 626. The third-order valence-corrected chi connectivity index (χ3v) is 2.95. The van der Waals surface area contributed by atoms with Crippen LogP contribution in [0.3, 0.4) is 0 Å². The van der Waals surface area contributed by atoms with Crippen LogP contribution in [0.4, 0.5) is 16.2 Å². The van der Waals surface area contributed by atoms with Crippen molar-refractivity contribution >= 4 is 17.4 Å². The molecule has 0 aromatic heterocycles. The lowest BCUT2D eigenvalue weighted by molar-refractivity contribution is 0.252. The first-order chi connectivity index (χ1) is 10.7. The average Bonchev–Trinajstić information content (AvgIpc) is 2.51. The van der Waals surface area contributed by atoms with E-state index in [-0.39, 0.29) is 11.8 Å². The first-order valence-corrected chi connectivity index (χ1v) is 6.68. The van der Waals surface area contributed by atoms with Gasteiger partial charge in [0.25, 0.3) is 0 Å². The van der Waals surface area contributed by atoms with Crippen molar-refractivity contribution in [2.24, 2.45) is 5.29 Å². The van der Waals surface area contributed by atoms with Gasteiger partial charge in [0.15, 0.2) is 0 Å². The number of rotatable bonds is 6. The molecule has 7 nitrogen and oxygen atoms in total. The van der Waals surface area contributed by atoms with Crippen molar-refractivity contribution in [1.82, 2.24) is 5.32 Å². The predicted octanol–water partition coefficient (Wildman–Crippen LogP) is 2.85. The van der Waals surface area contributed by atoms with Gasteiger partial charge in [-0.05, 0) is 48.4 Å². The van der Waals surface area contributed by atoms with Gasteiger partial charge in [-0.25, -0.2) is 10.2 Å². The van der Waals surface area contributed by atoms with Gasteiger partial charge in [0.05, 0.1) is 11.0 Å². The van der Waals surface area contributed by atoms with Crippen molar-refractivity contribution in [3.8, 4) is 5.75 Å². The minimum Gasteiger partial charge on any atom is -0.508 e. The summed E-state index contributed by atoms with van der Waals surface area (Å²) in [5.74, 6) is 0.220. The molecule has 0 saturated carbocycles. The number of nitrogens with zero attached hydrogens (tertiary/aromatic N) is 1. The molecule has 0 aliphatic heterocycles. The summed E-state index contributed by atoms with van der Waals surface area (Å²) in [5, 5.41) is 17.2. The molecule has 22 heavy (non-hydrogen) atoms. The molecule has 0 heterocycles. The molecule has 0 aliphatic carbocycles. The minimum atomic E-state index is -0.312. The van der Waals surface area contributed by atoms with Crippen LogP contribution >= 0.6 is 0 Å². The fraction of sp³-hybridized carbons (Fsp3) is 0.133. The normalized spacial score (nSPS) is 9.82. The topological polar surface area (TPSA) is 103 Å². The van der Waals surface area contributed by atoms with E-state index in [1.54, 1.807) is 36.4 Å². The molecule has 2 amide bonds. The zero-order valence-electron chi connectivity index (χ0n) is 11.7. The number of aromatic hydroxyl groups is 1. The summed E-state index contributed by atoms with van der Waals surface area (Å²) in [7, 11) is 0. The summed E-state index contributed by atoms with van der Waals surface area (Å²) in [6, 6.07) is 13.1. The first kappa shape index (κ1) is 15.3. The van der Waals surface area contributed by atoms with Crippen molar-refractivity contribution in [2.75, 3.05) is 17.3 Å². The van der Waals surface area contributed by atoms with Crippen LogP contribution in [0.5, 0.6) is 5.75 Å². The highest BCUT2D eigenvalue weighted by molar-refractivity contribution is 5.89. The van der Waals surface area contributed by atoms with Crippen molar-refractivity contribution in [1.29, 1.82) is 0 Å². The maximum atomic E-state index is 11.7. The van der Waals surface area contributed by atoms with Crippen LogP contribution in [0, 0.1) is 4.91 Å². The van der Waals surface area contributed by atoms with Crippen LogP contribution in [-0.4, -0.2) is 17.7 Å². The molecule has 0 unspecified atom stereocenters. The Morgan fingerprint density at radius 2 is 1.64 bits per heavy atom. The van der Waals surface area contributed by atoms with Crippen LogP contribution in [0.2, 0.25) is 0 Å². The summed E-state index contributed by atoms with van der Waals surface area (Å²) in [6.45, 7) is 0.477. The largest absolute Gasteiger partial charge is 0.508 e. The van der Waals surface area contributed by atoms with Crippen LogP contribution in [0.15, 0.2) is 53.8 Å². The van der Waals surface area contributed by atoms with E-state index in [0.29, 0.717) is 24.3 Å². The number of hydrogen-bond donors (Lipinski definition) is 4. The lowest BCUT2D eigenvalue weighted by atomic mass is 10.1. The molecular weight excluding hydrogens is 284 g/mol. The number of phenols is 1. The fourth-order valence-electron chi connectivity index (χ4n) is 1.84. The quantitative estimate of drug-likeness (QED) is 0.486. The van der Waals surface area contributed by atoms with E-state index in [1.807, 2.05) is 12.1 Å². The summed E-state index contributed by atoms with van der Waals surface area (Å²) in [4.78, 5) is 21.8. The van der Waals surface area contributed by atoms with Gasteiger partial charge in [-0.1, -0.05) is 12.1 Å². The smallest absolute Gasteiger partial charge is 0.319 e. The van der Waals surface area contributed by atoms with Gasteiger partial charge in [0.1, 0.15) is 5.75 Å². The molecular formula is C15H16N4O3. The molecule has 2 aromatic carbocycles. The Morgan fingerprint density at radius 1 is 1.00 bits per heavy atom. The summed E-state index contributed by atoms with van der Waals surface area (Å²) < 4.78 is 0. The molecule has 0 radical (unpaired) electrons. The van der Waals surface area contributed by atoms with Crippen LogP contribution in [0.1, 0.15) is 5.56 Å². The Morgan fingerprint density at radius 3 is 2.27 bits per heavy atom. The molecule has 0 saturated heterocycles. The molecule has 0 fully saturated rings. The molecule has 0 aliphatic rings. The molecule has 0 bridgehead atoms. The number of nitroso groups, excluding NO2 is 1. The van der Waals surface area contributed by atoms with E-state index in [0.717, 1.165) is 5.56 Å². The second-order valence-electron chi connectivity index (χ2n) is 4.58. The van der Waals surface area contributed by atoms with Gasteiger partial charge in [0.2, 0.25) is 0 Å². The molecule has 4 N–H and O–H groups in total. The van der Waals surface area contributed by atoms with E-state index in [2.05, 4.69) is 21.3 Å². The van der Waals surface area contributed by atoms with E-state index in [1.165, 1.54) is 0 Å². The lowest BCUT2D eigenvalue weighted by Crippen LogP contribution is -2.30. The van der Waals surface area contributed by atoms with Crippen molar-refractivity contribution < 1.29 is 9.90 Å². The zero-order chi connectivity index (χ0) is 15.8. The van der Waals surface area contributed by atoms with Gasteiger partial charge in [-0.2, -0.15) is 0 Å². The average molecular weight is 300 g/mol. The minimum absolute atomic E-state index is 0.220. The number of nitrogens with one attached hydrogen (secondary N) is 3. The number of carbonyl (C=O) groups excluding carboxylic acids is 1. The van der Waals surface area contributed by atoms with Gasteiger partial charge in [-0.3, -0.25) is 0 Å². The number of urea groups is 1. The molecule has 7 heteroatoms. The Kier molecular flexibility index (Phi) is 5.31. The standard InChI is InChI=1S/C15H16N4O3/c20-14-7-1-11(2-8-14)9-10-16-15(21)17-12-3-5-13(6-4-12)18-19-22/h1-8,20H,9-10H2,(H,18,22)(H2,16,17,21). The van der Waals surface area contributed by atoms with Gasteiger partial charge in [-0.15, -0.1) is 4.91 Å². The number of phenolic OH excluding ortho intramolecular Hbond substituents is 1. The monoisotopic (exact) mass is 300 g/mol. The molecule has 0 spiro atoms. The zero-order valence-corrected chi connectivity index (χ0v) is 11.7. The fourth-order valence-corrected chi connectivity index (χ4v) is 1.84. The van der Waals surface area contributed by atoms with E-state index < -0.39 is 0 Å². The Hall–Kier alpha value is -3.09. The Labute approximate surface area is 127 Å². The molecule has 0 atom stereocenters. The maximum Gasteiger partial charge on any atom is 0.319 e.